The summed E-state index contributed by atoms with van der Waals surface area (Å²) in [6.45, 7) is 10.5. The van der Waals surface area contributed by atoms with E-state index >= 15 is 0 Å². The van der Waals surface area contributed by atoms with Crippen LogP contribution in [0.1, 0.15) is 43.0 Å². The highest BCUT2D eigenvalue weighted by Gasteiger charge is 2.50. The first-order valence-electron chi connectivity index (χ1n) is 8.05. The molecule has 0 fully saturated rings. The van der Waals surface area contributed by atoms with E-state index in [1.54, 1.807) is 12.1 Å². The van der Waals surface area contributed by atoms with Gasteiger partial charge in [0.15, 0.2) is 0 Å². The van der Waals surface area contributed by atoms with Crippen LogP contribution in [-0.2, 0) is 18.3 Å². The molecule has 1 aliphatic rings. The fraction of sp³-hybridized carbons (Fsp3) is 0.333. The van der Waals surface area contributed by atoms with Gasteiger partial charge in [-0.15, -0.1) is 6.58 Å². The molecule has 2 nitrogen and oxygen atoms in total. The Hall–Kier alpha value is -2.22. The zero-order valence-electron chi connectivity index (χ0n) is 14.1. The summed E-state index contributed by atoms with van der Waals surface area (Å²) in [6.07, 6.45) is 3.46. The van der Waals surface area contributed by atoms with Crippen LogP contribution in [0, 0.1) is 5.41 Å². The summed E-state index contributed by atoms with van der Waals surface area (Å²) in [5.41, 5.74) is 4.38. The Morgan fingerprint density at radius 3 is 2.35 bits per heavy atom. The molecule has 120 valence electrons. The molecule has 0 radical (unpaired) electrons. The van der Waals surface area contributed by atoms with Gasteiger partial charge in [-0.1, -0.05) is 45.0 Å². The van der Waals surface area contributed by atoms with Gasteiger partial charge in [0.2, 0.25) is 0 Å². The van der Waals surface area contributed by atoms with Crippen molar-refractivity contribution in [1.29, 1.82) is 0 Å². The van der Waals surface area contributed by atoms with Gasteiger partial charge in [0.05, 0.1) is 0 Å². The maximum atomic E-state index is 10.4. The monoisotopic (exact) mass is 308 g/mol. The van der Waals surface area contributed by atoms with Gasteiger partial charge in [0.1, 0.15) is 11.5 Å². The molecule has 1 atom stereocenters. The summed E-state index contributed by atoms with van der Waals surface area (Å²) in [5.74, 6) is 0.615. The highest BCUT2D eigenvalue weighted by molar-refractivity contribution is 5.55. The number of rotatable bonds is 3. The lowest BCUT2D eigenvalue weighted by molar-refractivity contribution is 0.247. The summed E-state index contributed by atoms with van der Waals surface area (Å²) in [6, 6.07) is 11.5. The highest BCUT2D eigenvalue weighted by atomic mass is 16.3. The van der Waals surface area contributed by atoms with E-state index in [0.717, 1.165) is 17.5 Å². The van der Waals surface area contributed by atoms with Gasteiger partial charge in [0, 0.05) is 5.41 Å². The van der Waals surface area contributed by atoms with Crippen LogP contribution in [0.5, 0.6) is 11.5 Å². The summed E-state index contributed by atoms with van der Waals surface area (Å²) < 4.78 is 0. The van der Waals surface area contributed by atoms with Crippen LogP contribution in [0.25, 0.3) is 0 Å². The van der Waals surface area contributed by atoms with Crippen LogP contribution in [0.2, 0.25) is 0 Å². The third kappa shape index (κ3) is 2.24. The lowest BCUT2D eigenvalue weighted by Gasteiger charge is -2.40. The van der Waals surface area contributed by atoms with Crippen molar-refractivity contribution in [1.82, 2.24) is 0 Å². The largest absolute Gasteiger partial charge is 0.508 e. The van der Waals surface area contributed by atoms with Gasteiger partial charge < -0.3 is 10.2 Å². The van der Waals surface area contributed by atoms with Crippen molar-refractivity contribution < 1.29 is 10.2 Å². The summed E-state index contributed by atoms with van der Waals surface area (Å²) in [7, 11) is 0. The van der Waals surface area contributed by atoms with Crippen LogP contribution in [-0.4, -0.2) is 10.2 Å². The second-order valence-corrected chi connectivity index (χ2v) is 7.36. The van der Waals surface area contributed by atoms with Gasteiger partial charge in [-0.25, -0.2) is 0 Å². The van der Waals surface area contributed by atoms with Crippen molar-refractivity contribution in [2.24, 2.45) is 5.41 Å². The fourth-order valence-electron chi connectivity index (χ4n) is 3.97. The number of hydrogen-bond donors (Lipinski definition) is 2. The Labute approximate surface area is 138 Å². The quantitative estimate of drug-likeness (QED) is 0.806. The van der Waals surface area contributed by atoms with Gasteiger partial charge in [0.25, 0.3) is 0 Å². The van der Waals surface area contributed by atoms with Gasteiger partial charge >= 0.3 is 0 Å². The molecule has 1 aliphatic carbocycles. The first-order chi connectivity index (χ1) is 10.8. The number of benzene rings is 2. The average Bonchev–Trinajstić information content (AvgIpc) is 2.68. The maximum Gasteiger partial charge on any atom is 0.119 e. The maximum absolute atomic E-state index is 10.4. The van der Waals surface area contributed by atoms with Crippen molar-refractivity contribution in [3.05, 3.63) is 71.3 Å². The van der Waals surface area contributed by atoms with Gasteiger partial charge in [-0.2, -0.15) is 0 Å². The number of hydrogen-bond acceptors (Lipinski definition) is 2. The number of fused-ring (bicyclic) bond motifs is 1. The van der Waals surface area contributed by atoms with Crippen LogP contribution in [0.15, 0.2) is 49.1 Å². The minimum absolute atomic E-state index is 0.0194. The third-order valence-electron chi connectivity index (χ3n) is 5.64. The second-order valence-electron chi connectivity index (χ2n) is 7.36. The molecule has 0 spiro atoms. The van der Waals surface area contributed by atoms with Crippen molar-refractivity contribution in [2.75, 3.05) is 0 Å². The molecule has 0 bridgehead atoms. The van der Waals surface area contributed by atoms with Crippen LogP contribution >= 0.6 is 0 Å². The molecule has 23 heavy (non-hydrogen) atoms. The van der Waals surface area contributed by atoms with E-state index in [9.17, 15) is 10.2 Å². The Morgan fingerprint density at radius 2 is 1.74 bits per heavy atom. The minimum Gasteiger partial charge on any atom is -0.508 e. The van der Waals surface area contributed by atoms with Crippen molar-refractivity contribution >= 4 is 0 Å². The summed E-state index contributed by atoms with van der Waals surface area (Å²) in [4.78, 5) is 0. The predicted molar refractivity (Wildman–Crippen MR) is 94.1 cm³/mol. The van der Waals surface area contributed by atoms with Crippen LogP contribution in [0.4, 0.5) is 0 Å². The smallest absolute Gasteiger partial charge is 0.119 e. The summed E-state index contributed by atoms with van der Waals surface area (Å²) in [5, 5.41) is 20.0. The molecule has 0 saturated carbocycles. The number of phenols is 2. The number of aromatic hydroxyl groups is 2. The summed E-state index contributed by atoms with van der Waals surface area (Å²) >= 11 is 0. The molecule has 1 unspecified atom stereocenters. The molecule has 3 rings (SSSR count). The van der Waals surface area contributed by atoms with Gasteiger partial charge in [-0.05, 0) is 58.7 Å². The molecule has 0 aliphatic heterocycles. The highest BCUT2D eigenvalue weighted by Crippen LogP contribution is 2.56. The SMILES string of the molecule is C=CCc1cc2c(cc1O)C(C)(c1ccc(O)cc1)C(C)(C)C2. The van der Waals surface area contributed by atoms with Crippen molar-refractivity contribution in [3.8, 4) is 11.5 Å². The molecule has 0 heterocycles. The van der Waals surface area contributed by atoms with E-state index in [1.807, 2.05) is 24.3 Å². The molecule has 0 amide bonds. The first kappa shape index (κ1) is 15.7. The second kappa shape index (κ2) is 5.16. The molecule has 0 saturated heterocycles. The lowest BCUT2D eigenvalue weighted by atomic mass is 9.63. The Bertz CT molecular complexity index is 756. The molecule has 2 heteroatoms. The average molecular weight is 308 g/mol. The fourth-order valence-corrected chi connectivity index (χ4v) is 3.97. The molecule has 0 aromatic heterocycles. The van der Waals surface area contributed by atoms with E-state index in [1.165, 1.54) is 11.1 Å². The Balaban J connectivity index is 2.21. The first-order valence-corrected chi connectivity index (χ1v) is 8.05. The normalized spacial score (nSPS) is 21.9. The van der Waals surface area contributed by atoms with Crippen molar-refractivity contribution in [3.63, 3.8) is 0 Å². The van der Waals surface area contributed by atoms with E-state index in [4.69, 9.17) is 0 Å². The number of allylic oxidation sites excluding steroid dienone is 1. The Kier molecular flexibility index (Phi) is 3.51. The zero-order chi connectivity index (χ0) is 16.8. The van der Waals surface area contributed by atoms with Gasteiger partial charge in [-0.3, -0.25) is 0 Å². The van der Waals surface area contributed by atoms with Crippen LogP contribution < -0.4 is 0 Å². The van der Waals surface area contributed by atoms with Crippen LogP contribution in [0.3, 0.4) is 0 Å². The van der Waals surface area contributed by atoms with E-state index < -0.39 is 0 Å². The topological polar surface area (TPSA) is 40.5 Å². The van der Waals surface area contributed by atoms with E-state index in [-0.39, 0.29) is 16.6 Å². The standard InChI is InChI=1S/C21H24O2/c1-5-6-14-11-15-13-20(2,3)21(4,18(15)12-19(14)23)16-7-9-17(22)10-8-16/h5,7-12,22-23H,1,6,13H2,2-4H3. The zero-order valence-corrected chi connectivity index (χ0v) is 14.1. The molecule has 2 N–H and O–H groups in total. The van der Waals surface area contributed by atoms with E-state index in [2.05, 4.69) is 33.4 Å². The minimum atomic E-state index is -0.208. The van der Waals surface area contributed by atoms with Crippen molar-refractivity contribution in [2.45, 2.75) is 39.0 Å². The Morgan fingerprint density at radius 1 is 1.09 bits per heavy atom. The third-order valence-corrected chi connectivity index (χ3v) is 5.64. The molecular weight excluding hydrogens is 284 g/mol. The van der Waals surface area contributed by atoms with E-state index in [0.29, 0.717) is 12.2 Å². The lowest BCUT2D eigenvalue weighted by Crippen LogP contribution is -2.36. The molecule has 2 aromatic carbocycles. The predicted octanol–water partition coefficient (Wildman–Crippen LogP) is 4.71. The molecule has 2 aromatic rings. The molecular formula is C21H24O2. The number of phenolic OH excluding ortho intramolecular Hbond substituents is 2.